The Morgan fingerprint density at radius 2 is 0.520 bits per heavy atom. The third-order valence-corrected chi connectivity index (χ3v) is 16.9. The fourth-order valence-corrected chi connectivity index (χ4v) is 12.3. The summed E-state index contributed by atoms with van der Waals surface area (Å²) >= 11 is 0. The summed E-state index contributed by atoms with van der Waals surface area (Å²) in [6.45, 7) is 2.67. The molecule has 6 aliphatic rings. The van der Waals surface area contributed by atoms with E-state index < -0.39 is 295 Å². The molecular weight excluding hydrogens is 1360 g/mol. The molecule has 0 aromatic carbocycles. The normalized spacial score (nSPS) is 40.1. The van der Waals surface area contributed by atoms with Crippen molar-refractivity contribution in [1.82, 2.24) is 31.9 Å². The van der Waals surface area contributed by atoms with Crippen molar-refractivity contribution in [3.63, 3.8) is 0 Å². The summed E-state index contributed by atoms with van der Waals surface area (Å²) in [7, 11) is 0. The molecule has 6 fully saturated rings. The van der Waals surface area contributed by atoms with Gasteiger partial charge in [0.1, 0.15) is 146 Å². The van der Waals surface area contributed by atoms with Crippen LogP contribution in [-0.2, 0) is 109 Å². The lowest BCUT2D eigenvalue weighted by Gasteiger charge is -2.52. The molecule has 33 atom stereocenters. The molecule has 1 unspecified atom stereocenters. The number of carbonyl (C=O) groups excluding carboxylic acids is 6. The van der Waals surface area contributed by atoms with E-state index >= 15 is 0 Å². The average Bonchev–Trinajstić information content (AvgIpc) is 0.767. The number of aliphatic carboxylic acids is 3. The van der Waals surface area contributed by atoms with Crippen LogP contribution >= 0.6 is 0 Å². The summed E-state index contributed by atoms with van der Waals surface area (Å²) in [5.74, 6) is -10.0. The van der Waals surface area contributed by atoms with Gasteiger partial charge >= 0.3 is 17.9 Å². The minimum Gasteiger partial charge on any atom is -0.479 e. The molecule has 6 rings (SSSR count). The number of hydrogen-bond acceptors (Lipinski definition) is 34. The van der Waals surface area contributed by atoms with E-state index in [1.165, 1.54) is 0 Å². The van der Waals surface area contributed by atoms with E-state index in [9.17, 15) is 115 Å². The monoisotopic (exact) mass is 1450 g/mol. The molecule has 0 aromatic rings. The van der Waals surface area contributed by atoms with Crippen molar-refractivity contribution in [2.24, 2.45) is 0 Å². The molecule has 0 aromatic heterocycles. The van der Waals surface area contributed by atoms with Crippen LogP contribution in [0.4, 0.5) is 0 Å². The number of carboxylic acid groups (broad SMARTS) is 3. The van der Waals surface area contributed by atoms with E-state index in [1.54, 1.807) is 0 Å². The maximum Gasteiger partial charge on any atom is 0.332 e. The van der Waals surface area contributed by atoms with Crippen molar-refractivity contribution in [2.75, 3.05) is 39.6 Å². The first kappa shape index (κ1) is 83.2. The molecule has 100 heavy (non-hydrogen) atoms. The highest BCUT2D eigenvalue weighted by molar-refractivity contribution is 5.76. The Bertz CT molecular complexity index is 2770. The Balaban J connectivity index is 1.36. The minimum atomic E-state index is -2.21. The molecule has 0 spiro atoms. The van der Waals surface area contributed by atoms with Gasteiger partial charge in [-0.1, -0.05) is 0 Å². The molecule has 6 heterocycles. The van der Waals surface area contributed by atoms with Gasteiger partial charge in [0.25, 0.3) is 0 Å². The number of aliphatic hydroxyl groups is 11. The first-order chi connectivity index (χ1) is 47.0. The second-order valence-electron chi connectivity index (χ2n) is 24.4. The molecule has 43 nitrogen and oxygen atoms in total. The van der Waals surface area contributed by atoms with Crippen LogP contribution in [0.5, 0.6) is 0 Å². The van der Waals surface area contributed by atoms with E-state index in [1.807, 2.05) is 0 Å². The molecule has 6 aliphatic heterocycles. The topological polar surface area (TPSA) is 638 Å². The van der Waals surface area contributed by atoms with Crippen LogP contribution in [-0.4, -0.2) is 367 Å². The number of rotatable bonds is 31. The Morgan fingerprint density at radius 1 is 0.300 bits per heavy atom. The molecule has 6 saturated heterocycles. The fraction of sp³-hybridized carbons (Fsp3) is 0.842. The summed E-state index contributed by atoms with van der Waals surface area (Å²) in [5, 5.41) is 167. The highest BCUT2D eigenvalue weighted by Gasteiger charge is 2.60. The molecule has 0 aliphatic carbocycles. The average molecular weight is 1450 g/mol. The Hall–Kier alpha value is -5.77. The SMILES string of the molecule is CC(=O)N[C@H]1[C@H](O[C@H]2[C@H](O[C@H](C)C(=O)O)[C@@H](NC(C)=O)C(O)O[C@@H]2CO)O[C@H](CO)[C@@H](O[C@@H]2O[C@H](CO)[C@@H](O[C@@H]3O[C@H](CO)[C@@H](O[C@@H]4O[C@H](CO)[C@@H](O[C@@H]5O[C@H](CO)[C@@H](O)[C@H](O)[C@H]5NC(C)=O)[C@H](O[C@H](C)C(=O)O)[C@H]4NC(C)=O)[C@H](O)[C@H]3NC(C)=O)[C@H](O[C@H](C)C(=O)O)[C@H]2NC(C)=O)[C@@H]1O. The minimum absolute atomic E-state index is 0.780. The van der Waals surface area contributed by atoms with Crippen LogP contribution in [0.15, 0.2) is 0 Å². The van der Waals surface area contributed by atoms with Gasteiger partial charge in [0, 0.05) is 41.5 Å². The third-order valence-electron chi connectivity index (χ3n) is 16.9. The van der Waals surface area contributed by atoms with Crippen LogP contribution in [0.3, 0.4) is 0 Å². The van der Waals surface area contributed by atoms with Crippen LogP contribution < -0.4 is 31.9 Å². The first-order valence-electron chi connectivity index (χ1n) is 31.6. The fourth-order valence-electron chi connectivity index (χ4n) is 12.3. The predicted molar refractivity (Wildman–Crippen MR) is 317 cm³/mol. The Labute approximate surface area is 569 Å². The summed E-state index contributed by atoms with van der Waals surface area (Å²) in [6.07, 6.45) is -51.3. The number of nitrogens with one attached hydrogen (secondary N) is 6. The number of ether oxygens (including phenoxy) is 14. The van der Waals surface area contributed by atoms with E-state index in [2.05, 4.69) is 31.9 Å². The highest BCUT2D eigenvalue weighted by atomic mass is 16.8. The number of carboxylic acids is 3. The van der Waals surface area contributed by atoms with Crippen molar-refractivity contribution < 1.29 is 181 Å². The lowest BCUT2D eigenvalue weighted by atomic mass is 9.92. The number of aliphatic hydroxyl groups excluding tert-OH is 11. The smallest absolute Gasteiger partial charge is 0.332 e. The zero-order chi connectivity index (χ0) is 74.6. The molecule has 20 N–H and O–H groups in total. The van der Waals surface area contributed by atoms with Gasteiger partial charge in [0.15, 0.2) is 56.1 Å². The second-order valence-corrected chi connectivity index (χ2v) is 24.4. The van der Waals surface area contributed by atoms with Crippen molar-refractivity contribution in [1.29, 1.82) is 0 Å². The summed E-state index contributed by atoms with van der Waals surface area (Å²) in [5.41, 5.74) is 0. The first-order valence-corrected chi connectivity index (χ1v) is 31.6. The zero-order valence-corrected chi connectivity index (χ0v) is 55.4. The molecule has 572 valence electrons. The van der Waals surface area contributed by atoms with Crippen molar-refractivity contribution >= 4 is 53.4 Å². The third kappa shape index (κ3) is 20.3. The molecule has 0 bridgehead atoms. The van der Waals surface area contributed by atoms with Gasteiger partial charge in [-0.2, -0.15) is 0 Å². The quantitative estimate of drug-likeness (QED) is 0.0306. The largest absolute Gasteiger partial charge is 0.479 e. The lowest BCUT2D eigenvalue weighted by Crippen LogP contribution is -2.73. The van der Waals surface area contributed by atoms with E-state index in [0.717, 1.165) is 62.3 Å². The van der Waals surface area contributed by atoms with Gasteiger partial charge in [-0.25, -0.2) is 14.4 Å². The van der Waals surface area contributed by atoms with Gasteiger partial charge in [-0.05, 0) is 20.8 Å². The summed E-state index contributed by atoms with van der Waals surface area (Å²) in [4.78, 5) is 114. The number of hydrogen-bond donors (Lipinski definition) is 20. The van der Waals surface area contributed by atoms with Crippen LogP contribution in [0.25, 0.3) is 0 Å². The molecule has 43 heteroatoms. The Morgan fingerprint density at radius 3 is 0.800 bits per heavy atom. The lowest BCUT2D eigenvalue weighted by molar-refractivity contribution is -0.374. The standard InChI is InChI=1S/C57H92N6O37/c1-16(49(80)81)87-46-34(61-22(7)73)52(86)90-28(13-67)43(46)98-54-32(59-20(5)71)39(78)41(26(11-65)92-54)96-57-36(63-24(9)75)48(89-18(3)51(84)85)45(30(15-69)95-57)100-55-33(60-21(6)72)40(79)42(27(12-66)93-55)97-56-35(62-23(8)74)47(88-17(2)50(82)83)44(29(14-68)94-56)99-53-31(58-19(4)70)38(77)37(76)25(10-64)91-53/h16-18,25-48,52-57,64-69,76-79,86H,10-15H2,1-9H3,(H,58,70)(H,59,71)(H,60,72)(H,61,73)(H,62,74)(H,63,75)(H,80,81)(H,82,83)(H,84,85)/t16-,17-,18-,25-,26-,27-,28-,29-,30-,31-,32-,33-,34-,35-,36-,37-,38-,39-,40-,41-,42-,43-,44-,45-,46-,47-,48-,52?,53+,54+,55+,56+,57+/m1/s1. The maximum absolute atomic E-state index is 13.3. The van der Waals surface area contributed by atoms with Crippen molar-refractivity contribution in [3.8, 4) is 0 Å². The van der Waals surface area contributed by atoms with E-state index in [4.69, 9.17) is 66.3 Å². The van der Waals surface area contributed by atoms with Gasteiger partial charge in [-0.15, -0.1) is 0 Å². The predicted octanol–water partition coefficient (Wildman–Crippen LogP) is -11.7. The van der Waals surface area contributed by atoms with Crippen molar-refractivity contribution in [3.05, 3.63) is 0 Å². The summed E-state index contributed by atoms with van der Waals surface area (Å²) < 4.78 is 85.1. The zero-order valence-electron chi connectivity index (χ0n) is 55.4. The highest BCUT2D eigenvalue weighted by Crippen LogP contribution is 2.39. The van der Waals surface area contributed by atoms with E-state index in [-0.39, 0.29) is 0 Å². The molecular formula is C57H92N6O37. The van der Waals surface area contributed by atoms with Gasteiger partial charge in [0.2, 0.25) is 35.4 Å². The molecule has 0 saturated carbocycles. The van der Waals surface area contributed by atoms with E-state index in [0.29, 0.717) is 0 Å². The van der Waals surface area contributed by atoms with Gasteiger partial charge < -0.3 is 170 Å². The second kappa shape index (κ2) is 37.1. The summed E-state index contributed by atoms with van der Waals surface area (Å²) in [6, 6.07) is -10.8. The van der Waals surface area contributed by atoms with Gasteiger partial charge in [0.05, 0.1) is 39.6 Å². The van der Waals surface area contributed by atoms with Gasteiger partial charge in [-0.3, -0.25) is 28.8 Å². The Kier molecular flexibility index (Phi) is 30.8. The molecule has 6 amide bonds. The van der Waals surface area contributed by atoms with Crippen LogP contribution in [0, 0.1) is 0 Å². The number of carbonyl (C=O) groups is 9. The van der Waals surface area contributed by atoms with Crippen molar-refractivity contribution in [2.45, 2.75) is 264 Å². The maximum atomic E-state index is 13.3. The molecule has 0 radical (unpaired) electrons. The van der Waals surface area contributed by atoms with Crippen LogP contribution in [0.2, 0.25) is 0 Å². The number of amides is 6. The van der Waals surface area contributed by atoms with Crippen LogP contribution in [0.1, 0.15) is 62.3 Å².